The van der Waals surface area contributed by atoms with Gasteiger partial charge in [-0.05, 0) is 48.9 Å². The fourth-order valence-electron chi connectivity index (χ4n) is 1.95. The van der Waals surface area contributed by atoms with Gasteiger partial charge < -0.3 is 16.0 Å². The van der Waals surface area contributed by atoms with Gasteiger partial charge in [-0.2, -0.15) is 13.2 Å². The van der Waals surface area contributed by atoms with Crippen LogP contribution in [-0.2, 0) is 11.0 Å². The van der Waals surface area contributed by atoms with Gasteiger partial charge in [-0.25, -0.2) is 4.79 Å². The van der Waals surface area contributed by atoms with Gasteiger partial charge in [-0.3, -0.25) is 4.79 Å². The molecule has 0 spiro atoms. The Morgan fingerprint density at radius 3 is 2.19 bits per heavy atom. The fraction of sp³-hybridized carbons (Fsp3) is 0.176. The van der Waals surface area contributed by atoms with Crippen LogP contribution in [0, 0.1) is 6.92 Å². The minimum absolute atomic E-state index is 0.190. The number of rotatable bonds is 4. The Morgan fingerprint density at radius 2 is 1.62 bits per heavy atom. The molecule has 2 aromatic carbocycles. The van der Waals surface area contributed by atoms with Crippen molar-refractivity contribution >= 4 is 34.9 Å². The smallest absolute Gasteiger partial charge is 0.329 e. The first-order chi connectivity index (χ1) is 12.1. The molecule has 0 saturated heterocycles. The number of carbonyl (C=O) groups is 2. The molecule has 0 saturated carbocycles. The summed E-state index contributed by atoms with van der Waals surface area (Å²) in [6, 6.07) is 8.32. The first kappa shape index (κ1) is 19.6. The Labute approximate surface area is 152 Å². The minimum atomic E-state index is -4.44. The van der Waals surface area contributed by atoms with Crippen LogP contribution >= 0.6 is 11.6 Å². The van der Waals surface area contributed by atoms with E-state index in [-0.39, 0.29) is 12.2 Å². The van der Waals surface area contributed by atoms with Gasteiger partial charge in [-0.1, -0.05) is 17.7 Å². The van der Waals surface area contributed by atoms with E-state index in [0.29, 0.717) is 10.7 Å². The van der Waals surface area contributed by atoms with E-state index in [1.165, 1.54) is 0 Å². The Balaban J connectivity index is 1.82. The highest BCUT2D eigenvalue weighted by atomic mass is 35.5. The molecular weight excluding hydrogens is 371 g/mol. The number of aryl methyl sites for hydroxylation is 1. The van der Waals surface area contributed by atoms with Crippen LogP contribution in [0.15, 0.2) is 42.5 Å². The van der Waals surface area contributed by atoms with Gasteiger partial charge >= 0.3 is 12.2 Å². The molecule has 2 aromatic rings. The standard InChI is InChI=1S/C17H15ClF3N3O2/c1-10-2-5-13(8-14(10)18)24-16(26)22-9-15(25)23-12-6-3-11(4-7-12)17(19,20)21/h2-8H,9H2,1H3,(H,23,25)(H2,22,24,26). The molecule has 0 radical (unpaired) electrons. The molecule has 9 heteroatoms. The zero-order valence-corrected chi connectivity index (χ0v) is 14.3. The lowest BCUT2D eigenvalue weighted by molar-refractivity contribution is -0.137. The van der Waals surface area contributed by atoms with Crippen LogP contribution in [0.2, 0.25) is 5.02 Å². The van der Waals surface area contributed by atoms with E-state index >= 15 is 0 Å². The number of hydrogen-bond donors (Lipinski definition) is 3. The van der Waals surface area contributed by atoms with Crippen molar-refractivity contribution in [2.24, 2.45) is 0 Å². The lowest BCUT2D eigenvalue weighted by atomic mass is 10.2. The van der Waals surface area contributed by atoms with Crippen LogP contribution < -0.4 is 16.0 Å². The number of hydrogen-bond acceptors (Lipinski definition) is 2. The van der Waals surface area contributed by atoms with Crippen molar-refractivity contribution in [2.75, 3.05) is 17.2 Å². The molecule has 0 aromatic heterocycles. The Hall–Kier alpha value is -2.74. The normalized spacial score (nSPS) is 11.0. The molecule has 138 valence electrons. The predicted molar refractivity (Wildman–Crippen MR) is 93.3 cm³/mol. The van der Waals surface area contributed by atoms with Gasteiger partial charge in [0.15, 0.2) is 0 Å². The largest absolute Gasteiger partial charge is 0.416 e. The van der Waals surface area contributed by atoms with Crippen molar-refractivity contribution in [3.05, 3.63) is 58.6 Å². The Morgan fingerprint density at radius 1 is 1.00 bits per heavy atom. The number of nitrogens with one attached hydrogen (secondary N) is 3. The second kappa shape index (κ2) is 8.09. The van der Waals surface area contributed by atoms with Crippen molar-refractivity contribution in [3.63, 3.8) is 0 Å². The number of benzene rings is 2. The van der Waals surface area contributed by atoms with Crippen molar-refractivity contribution in [2.45, 2.75) is 13.1 Å². The number of urea groups is 1. The summed E-state index contributed by atoms with van der Waals surface area (Å²) < 4.78 is 37.4. The van der Waals surface area contributed by atoms with E-state index < -0.39 is 23.7 Å². The summed E-state index contributed by atoms with van der Waals surface area (Å²) in [5.41, 5.74) is 0.690. The molecule has 0 fully saturated rings. The Kier molecular flexibility index (Phi) is 6.10. The van der Waals surface area contributed by atoms with Crippen LogP contribution in [0.3, 0.4) is 0 Å². The summed E-state index contributed by atoms with van der Waals surface area (Å²) in [4.78, 5) is 23.5. The summed E-state index contributed by atoms with van der Waals surface area (Å²) >= 11 is 5.95. The molecule has 0 aliphatic rings. The summed E-state index contributed by atoms with van der Waals surface area (Å²) in [6.45, 7) is 1.46. The van der Waals surface area contributed by atoms with Crippen LogP contribution in [0.1, 0.15) is 11.1 Å². The number of anilines is 2. The second-order valence-electron chi connectivity index (χ2n) is 5.39. The third kappa shape index (κ3) is 5.66. The van der Waals surface area contributed by atoms with Crippen molar-refractivity contribution in [1.82, 2.24) is 5.32 Å². The van der Waals surface area contributed by atoms with E-state index in [9.17, 15) is 22.8 Å². The maximum Gasteiger partial charge on any atom is 0.416 e. The van der Waals surface area contributed by atoms with Crippen LogP contribution in [-0.4, -0.2) is 18.5 Å². The van der Waals surface area contributed by atoms with Gasteiger partial charge in [0.05, 0.1) is 12.1 Å². The molecule has 0 aliphatic carbocycles. The first-order valence-electron chi connectivity index (χ1n) is 7.43. The van der Waals surface area contributed by atoms with E-state index in [2.05, 4.69) is 16.0 Å². The van der Waals surface area contributed by atoms with Gasteiger partial charge in [0.25, 0.3) is 0 Å². The number of amides is 3. The molecule has 0 bridgehead atoms. The third-order valence-electron chi connectivity index (χ3n) is 3.34. The highest BCUT2D eigenvalue weighted by Crippen LogP contribution is 2.29. The molecule has 2 rings (SSSR count). The third-order valence-corrected chi connectivity index (χ3v) is 3.74. The maximum atomic E-state index is 12.5. The molecule has 0 atom stereocenters. The summed E-state index contributed by atoms with van der Waals surface area (Å²) in [5.74, 6) is -0.582. The van der Waals surface area contributed by atoms with E-state index in [1.54, 1.807) is 18.2 Å². The highest BCUT2D eigenvalue weighted by molar-refractivity contribution is 6.31. The minimum Gasteiger partial charge on any atom is -0.329 e. The van der Waals surface area contributed by atoms with E-state index in [4.69, 9.17) is 11.6 Å². The first-order valence-corrected chi connectivity index (χ1v) is 7.81. The van der Waals surface area contributed by atoms with Crippen LogP contribution in [0.25, 0.3) is 0 Å². The predicted octanol–water partition coefficient (Wildman–Crippen LogP) is 4.43. The van der Waals surface area contributed by atoms with Crippen LogP contribution in [0.5, 0.6) is 0 Å². The second-order valence-corrected chi connectivity index (χ2v) is 5.80. The van der Waals surface area contributed by atoms with Gasteiger partial charge in [0, 0.05) is 16.4 Å². The fourth-order valence-corrected chi connectivity index (χ4v) is 2.13. The number of alkyl halides is 3. The molecule has 3 amide bonds. The summed E-state index contributed by atoms with van der Waals surface area (Å²) in [7, 11) is 0. The van der Waals surface area contributed by atoms with Gasteiger partial charge in [0.1, 0.15) is 0 Å². The topological polar surface area (TPSA) is 70.2 Å². The average molecular weight is 386 g/mol. The zero-order valence-electron chi connectivity index (χ0n) is 13.6. The molecule has 5 nitrogen and oxygen atoms in total. The molecule has 3 N–H and O–H groups in total. The van der Waals surface area contributed by atoms with Crippen molar-refractivity contribution in [3.8, 4) is 0 Å². The van der Waals surface area contributed by atoms with Crippen molar-refractivity contribution in [1.29, 1.82) is 0 Å². The average Bonchev–Trinajstić information content (AvgIpc) is 2.56. The van der Waals surface area contributed by atoms with Crippen molar-refractivity contribution < 1.29 is 22.8 Å². The van der Waals surface area contributed by atoms with Crippen LogP contribution in [0.4, 0.5) is 29.3 Å². The summed E-state index contributed by atoms with van der Waals surface area (Å²) in [6.07, 6.45) is -4.44. The molecule has 0 heterocycles. The quantitative estimate of drug-likeness (QED) is 0.728. The highest BCUT2D eigenvalue weighted by Gasteiger charge is 2.29. The Bertz CT molecular complexity index is 808. The summed E-state index contributed by atoms with van der Waals surface area (Å²) in [5, 5.41) is 7.72. The van der Waals surface area contributed by atoms with E-state index in [0.717, 1.165) is 29.8 Å². The number of halogens is 4. The maximum absolute atomic E-state index is 12.5. The monoisotopic (exact) mass is 385 g/mol. The SMILES string of the molecule is Cc1ccc(NC(=O)NCC(=O)Nc2ccc(C(F)(F)F)cc2)cc1Cl. The van der Waals surface area contributed by atoms with Gasteiger partial charge in [0.2, 0.25) is 5.91 Å². The molecule has 0 aliphatic heterocycles. The lowest BCUT2D eigenvalue weighted by Gasteiger charge is -2.10. The lowest BCUT2D eigenvalue weighted by Crippen LogP contribution is -2.35. The molecule has 26 heavy (non-hydrogen) atoms. The van der Waals surface area contributed by atoms with E-state index in [1.807, 2.05) is 6.92 Å². The molecule has 0 unspecified atom stereocenters. The zero-order chi connectivity index (χ0) is 19.3. The van der Waals surface area contributed by atoms with Gasteiger partial charge in [-0.15, -0.1) is 0 Å². The number of carbonyl (C=O) groups excluding carboxylic acids is 2. The molecular formula is C17H15ClF3N3O2.